The van der Waals surface area contributed by atoms with E-state index in [2.05, 4.69) is 25.4 Å². The molecule has 0 atom stereocenters. The predicted octanol–water partition coefficient (Wildman–Crippen LogP) is 2.35. The van der Waals surface area contributed by atoms with Gasteiger partial charge in [-0.15, -0.1) is 0 Å². The van der Waals surface area contributed by atoms with Gasteiger partial charge in [0.25, 0.3) is 0 Å². The van der Waals surface area contributed by atoms with Crippen LogP contribution in [0.15, 0.2) is 12.1 Å². The number of phenols is 1. The summed E-state index contributed by atoms with van der Waals surface area (Å²) < 4.78 is 10.7. The molecule has 1 aromatic carbocycles. The van der Waals surface area contributed by atoms with Gasteiger partial charge in [-0.05, 0) is 26.2 Å². The highest BCUT2D eigenvalue weighted by Crippen LogP contribution is 2.37. The number of ether oxygens (including phenoxy) is 2. The highest BCUT2D eigenvalue weighted by atomic mass is 32.2. The smallest absolute Gasteiger partial charge is 0.231 e. The van der Waals surface area contributed by atoms with Crippen LogP contribution in [0.4, 0.5) is 0 Å². The summed E-state index contributed by atoms with van der Waals surface area (Å²) in [5.74, 6) is 1.56. The summed E-state index contributed by atoms with van der Waals surface area (Å²) in [6.45, 7) is 6.09. The Balaban J connectivity index is 1.98. The molecule has 0 aromatic heterocycles. The third-order valence-corrected chi connectivity index (χ3v) is 4.24. The lowest BCUT2D eigenvalue weighted by Crippen LogP contribution is -2.31. The normalized spacial score (nSPS) is 13.9. The molecule has 0 saturated carbocycles. The molecule has 0 fully saturated rings. The van der Waals surface area contributed by atoms with Crippen molar-refractivity contribution in [2.24, 2.45) is 0 Å². The number of nitrogens with one attached hydrogen (secondary N) is 1. The lowest BCUT2D eigenvalue weighted by Gasteiger charge is -2.22. The minimum atomic E-state index is 0.186. The van der Waals surface area contributed by atoms with Gasteiger partial charge in [0.1, 0.15) is 5.75 Å². The molecule has 0 unspecified atom stereocenters. The first-order valence-electron chi connectivity index (χ1n) is 5.89. The molecule has 0 bridgehead atoms. The van der Waals surface area contributed by atoms with Crippen LogP contribution in [0.25, 0.3) is 0 Å². The number of fused-ring (bicyclic) bond motifs is 1. The summed E-state index contributed by atoms with van der Waals surface area (Å²) in [5.41, 5.74) is 0.830. The third-order valence-electron chi connectivity index (χ3n) is 2.99. The standard InChI is InChI=1S/C13H19NO3S/c1-13(2,18-3)7-14-6-9-4-11-12(5-10(9)15)17-8-16-11/h4-5,14-15H,6-8H2,1-3H3. The first-order chi connectivity index (χ1) is 8.52. The van der Waals surface area contributed by atoms with Crippen molar-refractivity contribution in [1.29, 1.82) is 0 Å². The van der Waals surface area contributed by atoms with Crippen molar-refractivity contribution in [3.63, 3.8) is 0 Å². The van der Waals surface area contributed by atoms with E-state index in [9.17, 15) is 5.11 Å². The molecule has 5 heteroatoms. The quantitative estimate of drug-likeness (QED) is 0.859. The SMILES string of the molecule is CSC(C)(C)CNCc1cc2c(cc1O)OCO2. The van der Waals surface area contributed by atoms with Crippen molar-refractivity contribution in [2.75, 3.05) is 19.6 Å². The van der Waals surface area contributed by atoms with E-state index in [1.54, 1.807) is 6.07 Å². The Bertz CT molecular complexity index is 434. The average molecular weight is 269 g/mol. The van der Waals surface area contributed by atoms with Gasteiger partial charge in [-0.2, -0.15) is 11.8 Å². The summed E-state index contributed by atoms with van der Waals surface area (Å²) in [5, 5.41) is 13.2. The van der Waals surface area contributed by atoms with E-state index >= 15 is 0 Å². The van der Waals surface area contributed by atoms with E-state index in [4.69, 9.17) is 9.47 Å². The number of phenolic OH excluding ortho intramolecular Hbond substituents is 1. The molecule has 1 aliphatic rings. The molecule has 2 N–H and O–H groups in total. The van der Waals surface area contributed by atoms with Gasteiger partial charge in [-0.1, -0.05) is 0 Å². The Morgan fingerprint density at radius 3 is 2.67 bits per heavy atom. The van der Waals surface area contributed by atoms with Crippen molar-refractivity contribution in [3.8, 4) is 17.2 Å². The molecule has 18 heavy (non-hydrogen) atoms. The molecule has 0 radical (unpaired) electrons. The molecule has 1 aliphatic heterocycles. The first-order valence-corrected chi connectivity index (χ1v) is 7.12. The fraction of sp³-hybridized carbons (Fsp3) is 0.538. The maximum atomic E-state index is 9.88. The van der Waals surface area contributed by atoms with Crippen molar-refractivity contribution in [1.82, 2.24) is 5.32 Å². The van der Waals surface area contributed by atoms with Gasteiger partial charge in [-0.25, -0.2) is 0 Å². The second-order valence-electron chi connectivity index (χ2n) is 4.90. The first kappa shape index (κ1) is 13.4. The van der Waals surface area contributed by atoms with Crippen LogP contribution < -0.4 is 14.8 Å². The van der Waals surface area contributed by atoms with E-state index in [0.717, 1.165) is 12.1 Å². The molecule has 0 saturated heterocycles. The van der Waals surface area contributed by atoms with E-state index in [1.807, 2.05) is 17.8 Å². The maximum Gasteiger partial charge on any atom is 0.231 e. The minimum absolute atomic E-state index is 0.186. The molecule has 0 aliphatic carbocycles. The Hall–Kier alpha value is -1.07. The molecule has 100 valence electrons. The van der Waals surface area contributed by atoms with Crippen LogP contribution >= 0.6 is 11.8 Å². The summed E-state index contributed by atoms with van der Waals surface area (Å²) in [7, 11) is 0. The summed E-state index contributed by atoms with van der Waals surface area (Å²) in [6, 6.07) is 3.44. The van der Waals surface area contributed by atoms with Gasteiger partial charge in [0.2, 0.25) is 6.79 Å². The van der Waals surface area contributed by atoms with Gasteiger partial charge >= 0.3 is 0 Å². The summed E-state index contributed by atoms with van der Waals surface area (Å²) in [6.07, 6.45) is 2.10. The van der Waals surface area contributed by atoms with Crippen molar-refractivity contribution >= 4 is 11.8 Å². The fourth-order valence-corrected chi connectivity index (χ4v) is 1.93. The van der Waals surface area contributed by atoms with Crippen LogP contribution in [0.2, 0.25) is 0 Å². The second kappa shape index (κ2) is 5.28. The maximum absolute atomic E-state index is 9.88. The van der Waals surface area contributed by atoms with Crippen LogP contribution in [0.3, 0.4) is 0 Å². The number of hydrogen-bond donors (Lipinski definition) is 2. The highest BCUT2D eigenvalue weighted by molar-refractivity contribution is 7.99. The Morgan fingerprint density at radius 1 is 1.33 bits per heavy atom. The second-order valence-corrected chi connectivity index (χ2v) is 6.41. The fourth-order valence-electron chi connectivity index (χ4n) is 1.69. The molecule has 1 heterocycles. The van der Waals surface area contributed by atoms with Crippen LogP contribution in [0.1, 0.15) is 19.4 Å². The third kappa shape index (κ3) is 3.03. The lowest BCUT2D eigenvalue weighted by atomic mass is 10.1. The van der Waals surface area contributed by atoms with Crippen molar-refractivity contribution in [2.45, 2.75) is 25.1 Å². The Labute approximate surface area is 112 Å². The number of thioether (sulfide) groups is 1. The van der Waals surface area contributed by atoms with Gasteiger partial charge in [0, 0.05) is 29.5 Å². The van der Waals surface area contributed by atoms with Crippen molar-refractivity contribution in [3.05, 3.63) is 17.7 Å². The zero-order chi connectivity index (χ0) is 13.2. The number of aromatic hydroxyl groups is 1. The molecule has 1 aromatic rings. The van der Waals surface area contributed by atoms with E-state index in [0.29, 0.717) is 18.0 Å². The number of rotatable bonds is 5. The minimum Gasteiger partial charge on any atom is -0.507 e. The predicted molar refractivity (Wildman–Crippen MR) is 73.5 cm³/mol. The largest absolute Gasteiger partial charge is 0.507 e. The zero-order valence-electron chi connectivity index (χ0n) is 10.9. The number of benzene rings is 1. The van der Waals surface area contributed by atoms with Crippen LogP contribution in [0, 0.1) is 0 Å². The topological polar surface area (TPSA) is 50.7 Å². The molecule has 0 amide bonds. The summed E-state index contributed by atoms with van der Waals surface area (Å²) >= 11 is 1.82. The zero-order valence-corrected chi connectivity index (χ0v) is 11.8. The monoisotopic (exact) mass is 269 g/mol. The highest BCUT2D eigenvalue weighted by Gasteiger charge is 2.18. The van der Waals surface area contributed by atoms with E-state index in [-0.39, 0.29) is 17.3 Å². The molecule has 4 nitrogen and oxygen atoms in total. The van der Waals surface area contributed by atoms with Crippen LogP contribution in [-0.2, 0) is 6.54 Å². The van der Waals surface area contributed by atoms with E-state index < -0.39 is 0 Å². The van der Waals surface area contributed by atoms with Crippen LogP contribution in [0.5, 0.6) is 17.2 Å². The van der Waals surface area contributed by atoms with Gasteiger partial charge in [-0.3, -0.25) is 0 Å². The molecule has 0 spiro atoms. The van der Waals surface area contributed by atoms with Gasteiger partial charge < -0.3 is 19.9 Å². The summed E-state index contributed by atoms with van der Waals surface area (Å²) in [4.78, 5) is 0. The van der Waals surface area contributed by atoms with Crippen molar-refractivity contribution < 1.29 is 14.6 Å². The van der Waals surface area contributed by atoms with Gasteiger partial charge in [0.15, 0.2) is 11.5 Å². The molecular formula is C13H19NO3S. The Morgan fingerprint density at radius 2 is 2.00 bits per heavy atom. The Kier molecular flexibility index (Phi) is 3.92. The van der Waals surface area contributed by atoms with Gasteiger partial charge in [0.05, 0.1) is 0 Å². The van der Waals surface area contributed by atoms with E-state index in [1.165, 1.54) is 0 Å². The van der Waals surface area contributed by atoms with Crippen LogP contribution in [-0.4, -0.2) is 29.4 Å². The molecular weight excluding hydrogens is 250 g/mol. The lowest BCUT2D eigenvalue weighted by molar-refractivity contribution is 0.174. The number of hydrogen-bond acceptors (Lipinski definition) is 5. The molecule has 2 rings (SSSR count). The average Bonchev–Trinajstić information content (AvgIpc) is 2.76.